The highest BCUT2D eigenvalue weighted by Gasteiger charge is 2.31. The minimum absolute atomic E-state index is 0.0512. The van der Waals surface area contributed by atoms with E-state index in [0.717, 1.165) is 11.7 Å². The van der Waals surface area contributed by atoms with Gasteiger partial charge >= 0.3 is 0 Å². The first-order valence-electron chi connectivity index (χ1n) is 4.13. The summed E-state index contributed by atoms with van der Waals surface area (Å²) in [5, 5.41) is 4.14. The molecule has 0 aromatic rings. The summed E-state index contributed by atoms with van der Waals surface area (Å²) in [6, 6.07) is 0.220. The summed E-state index contributed by atoms with van der Waals surface area (Å²) in [6.45, 7) is 6.40. The molecule has 0 aromatic heterocycles. The average Bonchev–Trinajstić information content (AvgIpc) is 2.32. The van der Waals surface area contributed by atoms with Gasteiger partial charge in [0.2, 0.25) is 0 Å². The topological polar surface area (TPSA) is 41.5 Å². The van der Waals surface area contributed by atoms with Gasteiger partial charge in [0.15, 0.2) is 5.17 Å². The van der Waals surface area contributed by atoms with Crippen LogP contribution in [0.25, 0.3) is 0 Å². The van der Waals surface area contributed by atoms with E-state index in [1.165, 1.54) is 0 Å². The zero-order chi connectivity index (χ0) is 9.14. The molecule has 0 saturated carbocycles. The number of nitrogens with zero attached hydrogens (tertiary/aromatic N) is 1. The molecule has 0 radical (unpaired) electrons. The van der Waals surface area contributed by atoms with Gasteiger partial charge in [0.05, 0.1) is 5.25 Å². The zero-order valence-electron chi connectivity index (χ0n) is 7.63. The highest BCUT2D eigenvalue weighted by molar-refractivity contribution is 8.15. The van der Waals surface area contributed by atoms with E-state index in [4.69, 9.17) is 0 Å². The van der Waals surface area contributed by atoms with E-state index in [9.17, 15) is 4.79 Å². The lowest BCUT2D eigenvalue weighted by atomic mass is 10.2. The molecule has 0 bridgehead atoms. The fraction of sp³-hybridized carbons (Fsp3) is 0.750. The van der Waals surface area contributed by atoms with Gasteiger partial charge in [0, 0.05) is 12.6 Å². The first kappa shape index (κ1) is 9.58. The van der Waals surface area contributed by atoms with E-state index in [2.05, 4.69) is 10.3 Å². The van der Waals surface area contributed by atoms with Crippen molar-refractivity contribution in [1.29, 1.82) is 0 Å². The molecular formula is C8H14N2OS. The monoisotopic (exact) mass is 186 g/mol. The SMILES string of the molecule is CCN=C1NC(C)C(C(C)=O)S1. The molecule has 0 amide bonds. The van der Waals surface area contributed by atoms with Crippen LogP contribution in [-0.2, 0) is 4.79 Å². The fourth-order valence-corrected chi connectivity index (χ4v) is 2.32. The van der Waals surface area contributed by atoms with Gasteiger partial charge < -0.3 is 5.32 Å². The van der Waals surface area contributed by atoms with Crippen LogP contribution in [0.3, 0.4) is 0 Å². The quantitative estimate of drug-likeness (QED) is 0.700. The molecule has 2 unspecified atom stereocenters. The van der Waals surface area contributed by atoms with Crippen molar-refractivity contribution in [3.05, 3.63) is 0 Å². The molecule has 4 heteroatoms. The van der Waals surface area contributed by atoms with Crippen LogP contribution in [0.4, 0.5) is 0 Å². The maximum Gasteiger partial charge on any atom is 0.157 e. The van der Waals surface area contributed by atoms with Crippen LogP contribution in [-0.4, -0.2) is 28.8 Å². The second-order valence-corrected chi connectivity index (χ2v) is 3.99. The molecule has 68 valence electrons. The Labute approximate surface area is 77.0 Å². The Bertz CT molecular complexity index is 215. The predicted octanol–water partition coefficient (Wildman–Crippen LogP) is 1.04. The van der Waals surface area contributed by atoms with Gasteiger partial charge in [0.1, 0.15) is 5.78 Å². The lowest BCUT2D eigenvalue weighted by molar-refractivity contribution is -0.116. The summed E-state index contributed by atoms with van der Waals surface area (Å²) in [6.07, 6.45) is 0. The number of ketones is 1. The summed E-state index contributed by atoms with van der Waals surface area (Å²) in [5.74, 6) is 0.223. The number of thioether (sulfide) groups is 1. The predicted molar refractivity (Wildman–Crippen MR) is 52.6 cm³/mol. The normalized spacial score (nSPS) is 32.1. The Morgan fingerprint density at radius 2 is 2.42 bits per heavy atom. The number of aliphatic imine (C=N–C) groups is 1. The van der Waals surface area contributed by atoms with Crippen molar-refractivity contribution in [2.24, 2.45) is 4.99 Å². The third kappa shape index (κ3) is 2.00. The van der Waals surface area contributed by atoms with Gasteiger partial charge in [0.25, 0.3) is 0 Å². The molecule has 1 aliphatic rings. The summed E-state index contributed by atoms with van der Waals surface area (Å²) >= 11 is 1.54. The molecule has 0 aromatic carbocycles. The van der Waals surface area contributed by atoms with Crippen molar-refractivity contribution >= 4 is 22.7 Å². The molecule has 0 aliphatic carbocycles. The highest BCUT2D eigenvalue weighted by Crippen LogP contribution is 2.23. The van der Waals surface area contributed by atoms with Gasteiger partial charge in [-0.3, -0.25) is 9.79 Å². The number of nitrogens with one attached hydrogen (secondary N) is 1. The Balaban J connectivity index is 2.62. The number of Topliss-reactive ketones (excluding diaryl/α,β-unsaturated/α-hetero) is 1. The Morgan fingerprint density at radius 3 is 2.83 bits per heavy atom. The third-order valence-electron chi connectivity index (χ3n) is 1.75. The molecule has 12 heavy (non-hydrogen) atoms. The minimum Gasteiger partial charge on any atom is -0.361 e. The highest BCUT2D eigenvalue weighted by atomic mass is 32.2. The number of carbonyl (C=O) groups excluding carboxylic acids is 1. The third-order valence-corrected chi connectivity index (χ3v) is 3.21. The number of hydrogen-bond donors (Lipinski definition) is 1. The van der Waals surface area contributed by atoms with E-state index in [1.807, 2.05) is 13.8 Å². The summed E-state index contributed by atoms with van der Waals surface area (Å²) in [7, 11) is 0. The summed E-state index contributed by atoms with van der Waals surface area (Å²) < 4.78 is 0. The van der Waals surface area contributed by atoms with Crippen LogP contribution < -0.4 is 5.32 Å². The molecule has 0 spiro atoms. The van der Waals surface area contributed by atoms with E-state index in [0.29, 0.717) is 0 Å². The average molecular weight is 186 g/mol. The number of hydrogen-bond acceptors (Lipinski definition) is 3. The molecule has 2 atom stereocenters. The van der Waals surface area contributed by atoms with E-state index in [1.54, 1.807) is 18.7 Å². The van der Waals surface area contributed by atoms with Crippen molar-refractivity contribution in [1.82, 2.24) is 5.32 Å². The molecule has 1 aliphatic heterocycles. The van der Waals surface area contributed by atoms with E-state index >= 15 is 0 Å². The van der Waals surface area contributed by atoms with Crippen molar-refractivity contribution < 1.29 is 4.79 Å². The number of amidine groups is 1. The van der Waals surface area contributed by atoms with E-state index in [-0.39, 0.29) is 17.1 Å². The number of rotatable bonds is 2. The Kier molecular flexibility index (Phi) is 3.14. The van der Waals surface area contributed by atoms with Crippen LogP contribution in [0, 0.1) is 0 Å². The molecule has 1 rings (SSSR count). The van der Waals surface area contributed by atoms with E-state index < -0.39 is 0 Å². The smallest absolute Gasteiger partial charge is 0.157 e. The molecule has 1 heterocycles. The van der Waals surface area contributed by atoms with Crippen LogP contribution in [0.1, 0.15) is 20.8 Å². The van der Waals surface area contributed by atoms with Gasteiger partial charge in [-0.1, -0.05) is 11.8 Å². The maximum atomic E-state index is 11.1. The van der Waals surface area contributed by atoms with Crippen LogP contribution in [0.2, 0.25) is 0 Å². The molecule has 1 saturated heterocycles. The Hall–Kier alpha value is -0.510. The molecule has 1 N–H and O–H groups in total. The molecule has 3 nitrogen and oxygen atoms in total. The second kappa shape index (κ2) is 3.94. The first-order chi connectivity index (χ1) is 5.65. The minimum atomic E-state index is 0.0512. The first-order valence-corrected chi connectivity index (χ1v) is 5.01. The van der Waals surface area contributed by atoms with Crippen molar-refractivity contribution in [2.75, 3.05) is 6.54 Å². The van der Waals surface area contributed by atoms with Crippen LogP contribution >= 0.6 is 11.8 Å². The van der Waals surface area contributed by atoms with Gasteiger partial charge in [-0.2, -0.15) is 0 Å². The van der Waals surface area contributed by atoms with Crippen molar-refractivity contribution in [3.8, 4) is 0 Å². The lowest BCUT2D eigenvalue weighted by Gasteiger charge is -2.07. The van der Waals surface area contributed by atoms with Crippen LogP contribution in [0.5, 0.6) is 0 Å². The second-order valence-electron chi connectivity index (χ2n) is 2.86. The largest absolute Gasteiger partial charge is 0.361 e. The van der Waals surface area contributed by atoms with Crippen molar-refractivity contribution in [3.63, 3.8) is 0 Å². The maximum absolute atomic E-state index is 11.1. The number of carbonyl (C=O) groups is 1. The standard InChI is InChI=1S/C8H14N2OS/c1-4-9-8-10-5(2)7(12-8)6(3)11/h5,7H,4H2,1-3H3,(H,9,10). The molecule has 1 fully saturated rings. The van der Waals surface area contributed by atoms with Gasteiger partial charge in [-0.15, -0.1) is 0 Å². The zero-order valence-corrected chi connectivity index (χ0v) is 8.44. The lowest BCUT2D eigenvalue weighted by Crippen LogP contribution is -2.31. The van der Waals surface area contributed by atoms with Gasteiger partial charge in [-0.25, -0.2) is 0 Å². The fourth-order valence-electron chi connectivity index (χ4n) is 1.19. The van der Waals surface area contributed by atoms with Crippen LogP contribution in [0.15, 0.2) is 4.99 Å². The van der Waals surface area contributed by atoms with Gasteiger partial charge in [-0.05, 0) is 20.8 Å². The molecular weight excluding hydrogens is 172 g/mol. The Morgan fingerprint density at radius 1 is 1.75 bits per heavy atom. The summed E-state index contributed by atoms with van der Waals surface area (Å²) in [5.41, 5.74) is 0. The van der Waals surface area contributed by atoms with Crippen molar-refractivity contribution in [2.45, 2.75) is 32.1 Å². The summed E-state index contributed by atoms with van der Waals surface area (Å²) in [4.78, 5) is 15.3.